The van der Waals surface area contributed by atoms with Gasteiger partial charge >= 0.3 is 0 Å². The van der Waals surface area contributed by atoms with Gasteiger partial charge in [-0.25, -0.2) is 4.98 Å². The number of aryl methyl sites for hydroxylation is 2. The van der Waals surface area contributed by atoms with Gasteiger partial charge in [0.05, 0.1) is 5.69 Å². The number of hydrogen-bond acceptors (Lipinski definition) is 4. The first-order valence-electron chi connectivity index (χ1n) is 7.26. The zero-order valence-corrected chi connectivity index (χ0v) is 13.7. The molecular formula is C16H20N4O2S. The third kappa shape index (κ3) is 4.53. The molecule has 2 aromatic rings. The number of nitrogens with two attached hydrogens (primary N) is 2. The minimum Gasteiger partial charge on any atom is -0.483 e. The van der Waals surface area contributed by atoms with Crippen LogP contribution in [0.15, 0.2) is 29.3 Å². The van der Waals surface area contributed by atoms with E-state index in [1.807, 2.05) is 0 Å². The standard InChI is InChI=1S/C15H18N4S.CH2O2/c1-9-3-2-4-10(7-9)11-5-6-12-13(8-11)20-15(18-12)19-14(16)17;2-1-3/h2-4,7,11H,5-6,8H2,1H3,(H4,16,17,18,19);1H,(H,2,3). The number of aliphatic imine (C=N–C) groups is 1. The maximum atomic E-state index is 8.36. The lowest BCUT2D eigenvalue weighted by Gasteiger charge is -2.21. The van der Waals surface area contributed by atoms with Gasteiger partial charge in [0, 0.05) is 4.88 Å². The van der Waals surface area contributed by atoms with Crippen molar-refractivity contribution in [1.82, 2.24) is 4.98 Å². The van der Waals surface area contributed by atoms with Crippen molar-refractivity contribution in [3.8, 4) is 0 Å². The summed E-state index contributed by atoms with van der Waals surface area (Å²) in [5.74, 6) is 0.654. The van der Waals surface area contributed by atoms with Gasteiger partial charge in [0.15, 0.2) is 5.96 Å². The van der Waals surface area contributed by atoms with E-state index in [1.165, 1.54) is 21.7 Å². The summed E-state index contributed by atoms with van der Waals surface area (Å²) in [6.45, 7) is 1.89. The van der Waals surface area contributed by atoms with E-state index in [9.17, 15) is 0 Å². The molecule has 1 heterocycles. The highest BCUT2D eigenvalue weighted by Crippen LogP contribution is 2.37. The number of carbonyl (C=O) groups is 1. The number of fused-ring (bicyclic) bond motifs is 1. The molecule has 1 aromatic carbocycles. The number of nitrogens with zero attached hydrogens (tertiary/aromatic N) is 2. The van der Waals surface area contributed by atoms with Crippen LogP contribution < -0.4 is 11.5 Å². The largest absolute Gasteiger partial charge is 0.483 e. The van der Waals surface area contributed by atoms with Crippen LogP contribution in [-0.2, 0) is 17.6 Å². The molecule has 0 aliphatic heterocycles. The normalized spacial score (nSPS) is 15.8. The van der Waals surface area contributed by atoms with Crippen molar-refractivity contribution >= 4 is 28.9 Å². The second-order valence-corrected chi connectivity index (χ2v) is 6.42. The number of benzene rings is 1. The molecule has 1 atom stereocenters. The molecule has 0 saturated heterocycles. The summed E-state index contributed by atoms with van der Waals surface area (Å²) in [6, 6.07) is 8.78. The van der Waals surface area contributed by atoms with Gasteiger partial charge in [0.1, 0.15) is 0 Å². The van der Waals surface area contributed by atoms with Crippen molar-refractivity contribution in [2.75, 3.05) is 0 Å². The Morgan fingerprint density at radius 2 is 2.22 bits per heavy atom. The Bertz CT molecular complexity index is 708. The molecular weight excluding hydrogens is 312 g/mol. The molecule has 0 radical (unpaired) electrons. The first-order valence-corrected chi connectivity index (χ1v) is 8.07. The van der Waals surface area contributed by atoms with Gasteiger partial charge in [-0.15, -0.1) is 0 Å². The van der Waals surface area contributed by atoms with Crippen molar-refractivity contribution in [3.05, 3.63) is 46.0 Å². The molecule has 1 unspecified atom stereocenters. The van der Waals surface area contributed by atoms with E-state index in [0.717, 1.165) is 19.3 Å². The summed E-state index contributed by atoms with van der Waals surface area (Å²) in [7, 11) is 0. The SMILES string of the molecule is Cc1cccc(C2CCc3nc(N=C(N)N)sc3C2)c1.O=CO. The topological polar surface area (TPSA) is 115 Å². The summed E-state index contributed by atoms with van der Waals surface area (Å²) < 4.78 is 0. The molecule has 0 saturated carbocycles. The van der Waals surface area contributed by atoms with Crippen LogP contribution in [0.1, 0.15) is 34.0 Å². The van der Waals surface area contributed by atoms with Crippen molar-refractivity contribution in [1.29, 1.82) is 0 Å². The number of thiazole rings is 1. The Balaban J connectivity index is 0.000000595. The first-order chi connectivity index (χ1) is 11.0. The number of hydrogen-bond donors (Lipinski definition) is 3. The van der Waals surface area contributed by atoms with Crippen LogP contribution in [0.2, 0.25) is 0 Å². The van der Waals surface area contributed by atoms with Crippen LogP contribution in [0.25, 0.3) is 0 Å². The number of rotatable bonds is 2. The van der Waals surface area contributed by atoms with Crippen molar-refractivity contribution in [2.24, 2.45) is 16.5 Å². The highest BCUT2D eigenvalue weighted by atomic mass is 32.1. The van der Waals surface area contributed by atoms with Crippen LogP contribution in [0.3, 0.4) is 0 Å². The Kier molecular flexibility index (Phi) is 5.70. The van der Waals surface area contributed by atoms with Crippen LogP contribution in [0, 0.1) is 6.92 Å². The average Bonchev–Trinajstić information content (AvgIpc) is 2.88. The third-order valence-corrected chi connectivity index (χ3v) is 4.68. The fourth-order valence-corrected chi connectivity index (χ4v) is 3.81. The summed E-state index contributed by atoms with van der Waals surface area (Å²) in [5, 5.41) is 7.57. The van der Waals surface area contributed by atoms with Gasteiger partial charge in [0.2, 0.25) is 5.13 Å². The molecule has 1 aliphatic carbocycles. The number of carboxylic acid groups (broad SMARTS) is 1. The Hall–Kier alpha value is -2.41. The molecule has 6 nitrogen and oxygen atoms in total. The average molecular weight is 332 g/mol. The fraction of sp³-hybridized carbons (Fsp3) is 0.312. The van der Waals surface area contributed by atoms with Crippen LogP contribution >= 0.6 is 11.3 Å². The third-order valence-electron chi connectivity index (χ3n) is 3.67. The molecule has 0 bridgehead atoms. The molecule has 1 aliphatic rings. The van der Waals surface area contributed by atoms with Gasteiger partial charge in [-0.05, 0) is 37.7 Å². The van der Waals surface area contributed by atoms with Crippen molar-refractivity contribution in [3.63, 3.8) is 0 Å². The van der Waals surface area contributed by atoms with E-state index in [2.05, 4.69) is 41.2 Å². The van der Waals surface area contributed by atoms with Gasteiger partial charge in [-0.2, -0.15) is 4.99 Å². The van der Waals surface area contributed by atoms with E-state index < -0.39 is 0 Å². The van der Waals surface area contributed by atoms with Crippen molar-refractivity contribution < 1.29 is 9.90 Å². The van der Waals surface area contributed by atoms with E-state index in [4.69, 9.17) is 21.4 Å². The highest BCUT2D eigenvalue weighted by Gasteiger charge is 2.23. The smallest absolute Gasteiger partial charge is 0.290 e. The maximum Gasteiger partial charge on any atom is 0.290 e. The number of guanidine groups is 1. The highest BCUT2D eigenvalue weighted by molar-refractivity contribution is 7.15. The second kappa shape index (κ2) is 7.73. The minimum atomic E-state index is -0.250. The lowest BCUT2D eigenvalue weighted by atomic mass is 9.85. The summed E-state index contributed by atoms with van der Waals surface area (Å²) in [6.07, 6.45) is 3.18. The van der Waals surface area contributed by atoms with Gasteiger partial charge < -0.3 is 16.6 Å². The van der Waals surface area contributed by atoms with E-state index >= 15 is 0 Å². The van der Waals surface area contributed by atoms with E-state index in [-0.39, 0.29) is 12.4 Å². The summed E-state index contributed by atoms with van der Waals surface area (Å²) in [5.41, 5.74) is 14.7. The molecule has 3 rings (SSSR count). The van der Waals surface area contributed by atoms with Crippen LogP contribution in [-0.4, -0.2) is 22.5 Å². The minimum absolute atomic E-state index is 0.0753. The predicted octanol–water partition coefficient (Wildman–Crippen LogP) is 2.33. The van der Waals surface area contributed by atoms with Gasteiger partial charge in [-0.3, -0.25) is 4.79 Å². The summed E-state index contributed by atoms with van der Waals surface area (Å²) >= 11 is 1.61. The lowest BCUT2D eigenvalue weighted by Crippen LogP contribution is -2.21. The van der Waals surface area contributed by atoms with E-state index in [1.54, 1.807) is 11.3 Å². The van der Waals surface area contributed by atoms with E-state index in [0.29, 0.717) is 11.0 Å². The lowest BCUT2D eigenvalue weighted by molar-refractivity contribution is -0.122. The van der Waals surface area contributed by atoms with Crippen LogP contribution in [0.4, 0.5) is 5.13 Å². The molecule has 23 heavy (non-hydrogen) atoms. The quantitative estimate of drug-likeness (QED) is 0.443. The first kappa shape index (κ1) is 17.0. The molecule has 122 valence electrons. The van der Waals surface area contributed by atoms with Gasteiger partial charge in [0.25, 0.3) is 6.47 Å². The Morgan fingerprint density at radius 1 is 1.48 bits per heavy atom. The molecule has 0 fully saturated rings. The molecule has 0 amide bonds. The van der Waals surface area contributed by atoms with Crippen LogP contribution in [0.5, 0.6) is 0 Å². The summed E-state index contributed by atoms with van der Waals surface area (Å²) in [4.78, 5) is 18.2. The molecule has 1 aromatic heterocycles. The number of aromatic nitrogens is 1. The maximum absolute atomic E-state index is 8.36. The zero-order valence-electron chi connectivity index (χ0n) is 12.9. The monoisotopic (exact) mass is 332 g/mol. The fourth-order valence-electron chi connectivity index (χ4n) is 2.73. The zero-order chi connectivity index (χ0) is 16.8. The Morgan fingerprint density at radius 3 is 2.87 bits per heavy atom. The predicted molar refractivity (Wildman–Crippen MR) is 92.2 cm³/mol. The molecule has 5 N–H and O–H groups in total. The Labute approximate surface area is 138 Å². The van der Waals surface area contributed by atoms with Crippen molar-refractivity contribution in [2.45, 2.75) is 32.1 Å². The molecule has 0 spiro atoms. The van der Waals surface area contributed by atoms with Gasteiger partial charge in [-0.1, -0.05) is 41.2 Å². The second-order valence-electron chi connectivity index (χ2n) is 5.36. The molecule has 7 heteroatoms.